The number of hydrogen-bond acceptors (Lipinski definition) is 3. The first-order valence-corrected chi connectivity index (χ1v) is 9.76. The van der Waals surface area contributed by atoms with Crippen molar-refractivity contribution >= 4 is 15.9 Å². The van der Waals surface area contributed by atoms with Crippen LogP contribution in [0.4, 0.5) is 0 Å². The van der Waals surface area contributed by atoms with Crippen LogP contribution in [0, 0.1) is 6.92 Å². The molecule has 0 aliphatic carbocycles. The van der Waals surface area contributed by atoms with Gasteiger partial charge in [0.2, 0.25) is 10.0 Å². The van der Waals surface area contributed by atoms with Gasteiger partial charge in [-0.25, -0.2) is 8.42 Å². The van der Waals surface area contributed by atoms with E-state index in [4.69, 9.17) is 0 Å². The fraction of sp³-hybridized carbons (Fsp3) is 0.316. The van der Waals surface area contributed by atoms with Crippen LogP contribution in [0.3, 0.4) is 0 Å². The molecular weight excluding hydrogens is 336 g/mol. The third kappa shape index (κ3) is 4.67. The Bertz CT molecular complexity index is 826. The number of carbonyl (C=O) groups excluding carboxylic acids is 1. The number of hydrogen-bond donors (Lipinski definition) is 1. The lowest BCUT2D eigenvalue weighted by Gasteiger charge is -2.18. The van der Waals surface area contributed by atoms with Crippen LogP contribution >= 0.6 is 0 Å². The van der Waals surface area contributed by atoms with Crippen molar-refractivity contribution in [3.8, 4) is 0 Å². The summed E-state index contributed by atoms with van der Waals surface area (Å²) in [4.78, 5) is 12.4. The lowest BCUT2D eigenvalue weighted by atomic mass is 10.1. The predicted octanol–water partition coefficient (Wildman–Crippen LogP) is 2.96. The van der Waals surface area contributed by atoms with Crippen LogP contribution in [0.2, 0.25) is 0 Å². The number of nitrogens with zero attached hydrogens (tertiary/aromatic N) is 1. The number of aryl methyl sites for hydroxylation is 1. The van der Waals surface area contributed by atoms with Crippen LogP contribution in [0.1, 0.15) is 35.3 Å². The highest BCUT2D eigenvalue weighted by atomic mass is 32.2. The average Bonchev–Trinajstić information content (AvgIpc) is 2.61. The van der Waals surface area contributed by atoms with E-state index in [1.54, 1.807) is 30.3 Å². The van der Waals surface area contributed by atoms with Gasteiger partial charge in [0, 0.05) is 25.2 Å². The molecule has 0 radical (unpaired) electrons. The van der Waals surface area contributed by atoms with Crippen molar-refractivity contribution in [2.45, 2.75) is 32.2 Å². The highest BCUT2D eigenvalue weighted by Crippen LogP contribution is 2.16. The van der Waals surface area contributed by atoms with E-state index in [0.29, 0.717) is 25.2 Å². The number of nitrogens with one attached hydrogen (secondary N) is 1. The molecule has 0 aliphatic heterocycles. The summed E-state index contributed by atoms with van der Waals surface area (Å²) >= 11 is 0. The van der Waals surface area contributed by atoms with Crippen molar-refractivity contribution in [3.63, 3.8) is 0 Å². The van der Waals surface area contributed by atoms with E-state index in [0.717, 1.165) is 11.1 Å². The molecule has 1 N–H and O–H groups in total. The zero-order valence-corrected chi connectivity index (χ0v) is 15.6. The van der Waals surface area contributed by atoms with Gasteiger partial charge in [-0.3, -0.25) is 4.79 Å². The average molecular weight is 360 g/mol. The first kappa shape index (κ1) is 19.1. The fourth-order valence-electron chi connectivity index (χ4n) is 2.56. The largest absolute Gasteiger partial charge is 0.348 e. The molecule has 2 aromatic carbocycles. The summed E-state index contributed by atoms with van der Waals surface area (Å²) in [6.07, 6.45) is 0. The van der Waals surface area contributed by atoms with Crippen molar-refractivity contribution < 1.29 is 13.2 Å². The molecule has 0 aromatic heterocycles. The van der Waals surface area contributed by atoms with Gasteiger partial charge in [0.1, 0.15) is 0 Å². The molecule has 0 atom stereocenters. The second-order valence-corrected chi connectivity index (χ2v) is 7.72. The fourth-order valence-corrected chi connectivity index (χ4v) is 4.02. The second-order valence-electron chi connectivity index (χ2n) is 5.79. The zero-order chi connectivity index (χ0) is 18.4. The molecule has 0 aliphatic rings. The van der Waals surface area contributed by atoms with Crippen LogP contribution in [-0.4, -0.2) is 31.7 Å². The van der Waals surface area contributed by atoms with E-state index >= 15 is 0 Å². The molecule has 0 bridgehead atoms. The Kier molecular flexibility index (Phi) is 6.33. The second kappa shape index (κ2) is 8.27. The molecule has 0 saturated carbocycles. The number of rotatable bonds is 7. The molecule has 0 saturated heterocycles. The summed E-state index contributed by atoms with van der Waals surface area (Å²) in [6, 6.07) is 14.0. The van der Waals surface area contributed by atoms with E-state index in [9.17, 15) is 13.2 Å². The summed E-state index contributed by atoms with van der Waals surface area (Å²) in [5, 5.41) is 2.85. The molecule has 1 amide bonds. The maximum absolute atomic E-state index is 12.4. The van der Waals surface area contributed by atoms with Crippen LogP contribution in [-0.2, 0) is 16.6 Å². The summed E-state index contributed by atoms with van der Waals surface area (Å²) in [7, 11) is -3.45. The van der Waals surface area contributed by atoms with E-state index in [-0.39, 0.29) is 10.8 Å². The molecule has 6 heteroatoms. The number of benzene rings is 2. The van der Waals surface area contributed by atoms with Crippen LogP contribution < -0.4 is 5.32 Å². The minimum Gasteiger partial charge on any atom is -0.348 e. The number of amides is 1. The Balaban J connectivity index is 2.04. The minimum absolute atomic E-state index is 0.150. The normalized spacial score (nSPS) is 11.5. The number of sulfonamides is 1. The molecule has 0 fully saturated rings. The lowest BCUT2D eigenvalue weighted by Crippen LogP contribution is -2.30. The monoisotopic (exact) mass is 360 g/mol. The third-order valence-electron chi connectivity index (χ3n) is 4.00. The minimum atomic E-state index is -3.45. The van der Waals surface area contributed by atoms with Gasteiger partial charge >= 0.3 is 0 Å². The Morgan fingerprint density at radius 1 is 1.04 bits per heavy atom. The zero-order valence-electron chi connectivity index (χ0n) is 14.8. The predicted molar refractivity (Wildman–Crippen MR) is 98.9 cm³/mol. The standard InChI is InChI=1S/C19H24N2O3S/c1-4-21(5-2)25(23,24)18-11-9-16(10-12-18)14-20-19(22)17-8-6-7-15(3)13-17/h6-13H,4-5,14H2,1-3H3,(H,20,22). The first-order valence-electron chi connectivity index (χ1n) is 8.32. The first-order chi connectivity index (χ1) is 11.9. The molecule has 25 heavy (non-hydrogen) atoms. The van der Waals surface area contributed by atoms with Crippen molar-refractivity contribution in [2.24, 2.45) is 0 Å². The molecule has 2 aromatic rings. The van der Waals surface area contributed by atoms with Gasteiger partial charge in [0.15, 0.2) is 0 Å². The van der Waals surface area contributed by atoms with Crippen molar-refractivity contribution in [3.05, 3.63) is 65.2 Å². The maximum atomic E-state index is 12.4. The van der Waals surface area contributed by atoms with E-state index in [1.165, 1.54) is 4.31 Å². The summed E-state index contributed by atoms with van der Waals surface area (Å²) in [6.45, 7) is 6.79. The Morgan fingerprint density at radius 3 is 2.24 bits per heavy atom. The Morgan fingerprint density at radius 2 is 1.68 bits per heavy atom. The lowest BCUT2D eigenvalue weighted by molar-refractivity contribution is 0.0951. The van der Waals surface area contributed by atoms with E-state index in [1.807, 2.05) is 39.0 Å². The summed E-state index contributed by atoms with van der Waals surface area (Å²) in [5.41, 5.74) is 2.49. The van der Waals surface area contributed by atoms with Crippen molar-refractivity contribution in [1.29, 1.82) is 0 Å². The van der Waals surface area contributed by atoms with Crippen LogP contribution in [0.25, 0.3) is 0 Å². The summed E-state index contributed by atoms with van der Waals surface area (Å²) < 4.78 is 26.3. The van der Waals surface area contributed by atoms with Crippen LogP contribution in [0.15, 0.2) is 53.4 Å². The van der Waals surface area contributed by atoms with Gasteiger partial charge in [0.05, 0.1) is 4.90 Å². The molecule has 134 valence electrons. The van der Waals surface area contributed by atoms with Crippen molar-refractivity contribution in [2.75, 3.05) is 13.1 Å². The van der Waals surface area contributed by atoms with Gasteiger partial charge in [-0.1, -0.05) is 43.7 Å². The van der Waals surface area contributed by atoms with Crippen molar-refractivity contribution in [1.82, 2.24) is 9.62 Å². The van der Waals surface area contributed by atoms with Crippen LogP contribution in [0.5, 0.6) is 0 Å². The smallest absolute Gasteiger partial charge is 0.251 e. The SMILES string of the molecule is CCN(CC)S(=O)(=O)c1ccc(CNC(=O)c2cccc(C)c2)cc1. The Labute approximate surface area is 149 Å². The molecule has 0 heterocycles. The molecule has 0 unspecified atom stereocenters. The molecule has 0 spiro atoms. The van der Waals surface area contributed by atoms with Gasteiger partial charge in [-0.05, 0) is 36.8 Å². The highest BCUT2D eigenvalue weighted by Gasteiger charge is 2.21. The maximum Gasteiger partial charge on any atom is 0.251 e. The number of carbonyl (C=O) groups is 1. The van der Waals surface area contributed by atoms with Gasteiger partial charge in [-0.2, -0.15) is 4.31 Å². The highest BCUT2D eigenvalue weighted by molar-refractivity contribution is 7.89. The van der Waals surface area contributed by atoms with Gasteiger partial charge < -0.3 is 5.32 Å². The topological polar surface area (TPSA) is 66.5 Å². The quantitative estimate of drug-likeness (QED) is 0.825. The van der Waals surface area contributed by atoms with Gasteiger partial charge in [0.25, 0.3) is 5.91 Å². The van der Waals surface area contributed by atoms with Gasteiger partial charge in [-0.15, -0.1) is 0 Å². The molecule has 5 nitrogen and oxygen atoms in total. The van der Waals surface area contributed by atoms with E-state index in [2.05, 4.69) is 5.32 Å². The Hall–Kier alpha value is -2.18. The van der Waals surface area contributed by atoms with E-state index < -0.39 is 10.0 Å². The molecular formula is C19H24N2O3S. The molecule has 2 rings (SSSR count). The third-order valence-corrected chi connectivity index (χ3v) is 6.06. The summed E-state index contributed by atoms with van der Waals surface area (Å²) in [5.74, 6) is -0.150.